The molecule has 1 aliphatic carbocycles. The first-order valence-corrected chi connectivity index (χ1v) is 12.2. The van der Waals surface area contributed by atoms with Gasteiger partial charge in [0.05, 0.1) is 11.0 Å². The summed E-state index contributed by atoms with van der Waals surface area (Å²) >= 11 is 0. The average Bonchev–Trinajstić information content (AvgIpc) is 3.12. The van der Waals surface area contributed by atoms with E-state index in [1.54, 1.807) is 4.90 Å². The number of primary amides is 1. The third-order valence-corrected chi connectivity index (χ3v) is 7.34. The molecule has 0 bridgehead atoms. The van der Waals surface area contributed by atoms with E-state index in [9.17, 15) is 4.79 Å². The Balaban J connectivity index is 1.59. The molecule has 0 unspecified atom stereocenters. The number of piperidine rings is 1. The number of hydrogen-bond acceptors (Lipinski definition) is 3. The van der Waals surface area contributed by atoms with Crippen LogP contribution >= 0.6 is 0 Å². The number of hydrogen-bond donors (Lipinski definition) is 2. The number of urea groups is 1. The maximum absolute atomic E-state index is 12.5. The number of aromatic nitrogens is 2. The van der Waals surface area contributed by atoms with E-state index in [0.717, 1.165) is 62.6 Å². The topological polar surface area (TPSA) is 78.3 Å². The van der Waals surface area contributed by atoms with Gasteiger partial charge in [-0.2, -0.15) is 0 Å². The second-order valence-electron chi connectivity index (χ2n) is 10.4. The van der Waals surface area contributed by atoms with Crippen LogP contribution in [0.5, 0.6) is 0 Å². The van der Waals surface area contributed by atoms with Crippen LogP contribution in [0.15, 0.2) is 18.3 Å². The number of carbonyl (C=O) groups excluding carboxylic acids is 1. The molecule has 1 aliphatic heterocycles. The average molecular weight is 426 g/mol. The standard InChI is InChI=1S/C25H39N5O/c1-25(2,3)29-15-13-18(14-16-29)20-17-27-21-11-12-22(28-23(20)21)30(24(26)31)19-9-7-5-4-6-8-10-19/h11-12,17-19,27H,4-10,13-16H2,1-3H3,(H2,26,31). The normalized spacial score (nSPS) is 20.5. The van der Waals surface area contributed by atoms with Gasteiger partial charge in [0.2, 0.25) is 0 Å². The number of amides is 2. The molecule has 170 valence electrons. The van der Waals surface area contributed by atoms with Crippen LogP contribution in [0.1, 0.15) is 90.0 Å². The number of likely N-dealkylation sites (tertiary alicyclic amines) is 1. The zero-order valence-electron chi connectivity index (χ0n) is 19.5. The van der Waals surface area contributed by atoms with Gasteiger partial charge in [0.1, 0.15) is 5.82 Å². The second-order valence-corrected chi connectivity index (χ2v) is 10.4. The van der Waals surface area contributed by atoms with Gasteiger partial charge in [-0.3, -0.25) is 9.80 Å². The summed E-state index contributed by atoms with van der Waals surface area (Å²) in [5.74, 6) is 1.21. The number of aromatic amines is 1. The SMILES string of the molecule is CC(C)(C)N1CCC(c2c[nH]c3ccc(N(C(N)=O)C4CCCCCCC4)nc23)CC1. The van der Waals surface area contributed by atoms with E-state index in [-0.39, 0.29) is 17.6 Å². The van der Waals surface area contributed by atoms with Crippen molar-refractivity contribution in [3.63, 3.8) is 0 Å². The molecule has 3 N–H and O–H groups in total. The van der Waals surface area contributed by atoms with E-state index in [2.05, 4.69) is 42.9 Å². The number of nitrogens with two attached hydrogens (primary N) is 1. The van der Waals surface area contributed by atoms with Crippen molar-refractivity contribution in [3.8, 4) is 0 Å². The van der Waals surface area contributed by atoms with Crippen molar-refractivity contribution < 1.29 is 4.79 Å². The number of rotatable bonds is 3. The third kappa shape index (κ3) is 4.89. The van der Waals surface area contributed by atoms with Crippen molar-refractivity contribution >= 4 is 22.9 Å². The molecule has 1 saturated carbocycles. The highest BCUT2D eigenvalue weighted by Crippen LogP contribution is 2.35. The van der Waals surface area contributed by atoms with Gasteiger partial charge >= 0.3 is 6.03 Å². The van der Waals surface area contributed by atoms with Crippen molar-refractivity contribution in [2.45, 2.75) is 96.1 Å². The molecule has 2 aliphatic rings. The number of carbonyl (C=O) groups is 1. The Bertz CT molecular complexity index is 883. The van der Waals surface area contributed by atoms with Crippen molar-refractivity contribution in [2.75, 3.05) is 18.0 Å². The van der Waals surface area contributed by atoms with E-state index in [0.29, 0.717) is 11.7 Å². The fourth-order valence-electron chi connectivity index (χ4n) is 5.49. The Hall–Kier alpha value is -2.08. The second kappa shape index (κ2) is 9.19. The molecule has 31 heavy (non-hydrogen) atoms. The smallest absolute Gasteiger partial charge is 0.320 e. The lowest BCUT2D eigenvalue weighted by Gasteiger charge is -2.40. The zero-order valence-corrected chi connectivity index (χ0v) is 19.5. The van der Waals surface area contributed by atoms with Gasteiger partial charge in [-0.05, 0) is 83.2 Å². The van der Waals surface area contributed by atoms with Crippen molar-refractivity contribution in [1.82, 2.24) is 14.9 Å². The Morgan fingerprint density at radius 2 is 1.71 bits per heavy atom. The number of fused-ring (bicyclic) bond motifs is 1. The maximum atomic E-state index is 12.5. The summed E-state index contributed by atoms with van der Waals surface area (Å²) < 4.78 is 0. The van der Waals surface area contributed by atoms with Gasteiger partial charge in [0.15, 0.2) is 0 Å². The lowest BCUT2D eigenvalue weighted by atomic mass is 9.88. The van der Waals surface area contributed by atoms with Crippen LogP contribution < -0.4 is 10.6 Å². The summed E-state index contributed by atoms with van der Waals surface area (Å²) in [6.07, 6.45) is 12.5. The van der Waals surface area contributed by atoms with E-state index in [1.807, 2.05) is 6.07 Å². The first kappa shape index (κ1) is 22.1. The zero-order chi connectivity index (χ0) is 22.0. The van der Waals surface area contributed by atoms with Gasteiger partial charge in [-0.25, -0.2) is 9.78 Å². The van der Waals surface area contributed by atoms with Gasteiger partial charge in [0.25, 0.3) is 0 Å². The van der Waals surface area contributed by atoms with E-state index in [1.165, 1.54) is 24.8 Å². The molecule has 6 nitrogen and oxygen atoms in total. The molecular weight excluding hydrogens is 386 g/mol. The summed E-state index contributed by atoms with van der Waals surface area (Å²) in [6.45, 7) is 9.09. The third-order valence-electron chi connectivity index (χ3n) is 7.34. The molecule has 0 radical (unpaired) electrons. The summed E-state index contributed by atoms with van der Waals surface area (Å²) in [6, 6.07) is 3.78. The first-order chi connectivity index (χ1) is 14.8. The Morgan fingerprint density at radius 1 is 1.06 bits per heavy atom. The fraction of sp³-hybridized carbons (Fsp3) is 0.680. The predicted molar refractivity (Wildman–Crippen MR) is 128 cm³/mol. The molecule has 0 aromatic carbocycles. The molecule has 2 aromatic rings. The predicted octanol–water partition coefficient (Wildman–Crippen LogP) is 5.54. The molecular formula is C25H39N5O. The molecule has 4 rings (SSSR count). The molecule has 2 aromatic heterocycles. The van der Waals surface area contributed by atoms with Gasteiger partial charge in [-0.1, -0.05) is 32.1 Å². The first-order valence-electron chi connectivity index (χ1n) is 12.2. The van der Waals surface area contributed by atoms with Crippen LogP contribution in [-0.4, -0.2) is 45.6 Å². The number of H-pyrrole nitrogens is 1. The van der Waals surface area contributed by atoms with Gasteiger partial charge < -0.3 is 10.7 Å². The van der Waals surface area contributed by atoms with Gasteiger partial charge in [-0.15, -0.1) is 0 Å². The molecule has 2 amide bonds. The summed E-state index contributed by atoms with van der Waals surface area (Å²) in [4.78, 5) is 25.2. The van der Waals surface area contributed by atoms with Gasteiger partial charge in [0, 0.05) is 17.8 Å². The summed E-state index contributed by atoms with van der Waals surface area (Å²) in [5.41, 5.74) is 9.43. The van der Waals surface area contributed by atoms with E-state index >= 15 is 0 Å². The maximum Gasteiger partial charge on any atom is 0.320 e. The minimum absolute atomic E-state index is 0.153. The minimum Gasteiger partial charge on any atom is -0.360 e. The van der Waals surface area contributed by atoms with Crippen molar-refractivity contribution in [2.24, 2.45) is 5.73 Å². The molecule has 1 saturated heterocycles. The van der Waals surface area contributed by atoms with Crippen molar-refractivity contribution in [1.29, 1.82) is 0 Å². The largest absolute Gasteiger partial charge is 0.360 e. The Kier molecular flexibility index (Phi) is 6.56. The highest BCUT2D eigenvalue weighted by atomic mass is 16.2. The Labute approximate surface area is 186 Å². The van der Waals surface area contributed by atoms with Crippen molar-refractivity contribution in [3.05, 3.63) is 23.9 Å². The minimum atomic E-state index is -0.381. The van der Waals surface area contributed by atoms with Crippen LogP contribution in [0, 0.1) is 0 Å². The van der Waals surface area contributed by atoms with Crippen LogP contribution in [0.25, 0.3) is 11.0 Å². The number of anilines is 1. The molecule has 6 heteroatoms. The Morgan fingerprint density at radius 3 is 2.32 bits per heavy atom. The number of pyridine rings is 1. The summed E-state index contributed by atoms with van der Waals surface area (Å²) in [7, 11) is 0. The van der Waals surface area contributed by atoms with Crippen LogP contribution in [-0.2, 0) is 0 Å². The van der Waals surface area contributed by atoms with E-state index in [4.69, 9.17) is 10.7 Å². The highest BCUT2D eigenvalue weighted by molar-refractivity contribution is 5.92. The molecule has 3 heterocycles. The van der Waals surface area contributed by atoms with E-state index < -0.39 is 0 Å². The number of nitrogens with zero attached hydrogens (tertiary/aromatic N) is 3. The molecule has 0 atom stereocenters. The quantitative estimate of drug-likeness (QED) is 0.678. The van der Waals surface area contributed by atoms with Crippen LogP contribution in [0.2, 0.25) is 0 Å². The lowest BCUT2D eigenvalue weighted by Crippen LogP contribution is -2.45. The molecule has 2 fully saturated rings. The fourth-order valence-corrected chi connectivity index (χ4v) is 5.49. The summed E-state index contributed by atoms with van der Waals surface area (Å²) in [5, 5.41) is 0. The van der Waals surface area contributed by atoms with Crippen LogP contribution in [0.3, 0.4) is 0 Å². The van der Waals surface area contributed by atoms with Crippen LogP contribution in [0.4, 0.5) is 10.6 Å². The molecule has 0 spiro atoms. The monoisotopic (exact) mass is 425 g/mol. The number of nitrogens with one attached hydrogen (secondary N) is 1. The lowest BCUT2D eigenvalue weighted by molar-refractivity contribution is 0.102. The highest BCUT2D eigenvalue weighted by Gasteiger charge is 2.30.